The number of hydrogen-bond donors (Lipinski definition) is 2. The number of benzene rings is 2. The van der Waals surface area contributed by atoms with Crippen LogP contribution in [0.2, 0.25) is 5.02 Å². The normalized spacial score (nSPS) is 11.5. The lowest BCUT2D eigenvalue weighted by Crippen LogP contribution is -2.25. The van der Waals surface area contributed by atoms with Crippen molar-refractivity contribution in [1.29, 1.82) is 0 Å². The lowest BCUT2D eigenvalue weighted by Gasteiger charge is -2.10. The van der Waals surface area contributed by atoms with Crippen molar-refractivity contribution < 1.29 is 18.3 Å². The van der Waals surface area contributed by atoms with Crippen molar-refractivity contribution in [2.75, 3.05) is 6.54 Å². The molecule has 5 nitrogen and oxygen atoms in total. The molecule has 2 aromatic carbocycles. The first kappa shape index (κ1) is 20.8. The van der Waals surface area contributed by atoms with Gasteiger partial charge in [-0.15, -0.1) is 11.8 Å². The van der Waals surface area contributed by atoms with E-state index in [1.165, 1.54) is 30.0 Å². The average Bonchev–Trinajstić information content (AvgIpc) is 2.60. The van der Waals surface area contributed by atoms with Gasteiger partial charge in [0.2, 0.25) is 10.0 Å². The standard InChI is InChI=1S/C18H20ClNO4S2/c1-2-3-7-20-26(23,24)17-10-14(18(21)22)9-16(11-17)25-12-13-5-4-6-15(19)8-13/h4-6,8-11,20H,2-3,7,12H2,1H3,(H,21,22). The van der Waals surface area contributed by atoms with Crippen LogP contribution < -0.4 is 4.72 Å². The maximum Gasteiger partial charge on any atom is 0.335 e. The highest BCUT2D eigenvalue weighted by molar-refractivity contribution is 7.98. The van der Waals surface area contributed by atoms with Crippen LogP contribution in [0.3, 0.4) is 0 Å². The molecule has 0 saturated heterocycles. The van der Waals surface area contributed by atoms with Gasteiger partial charge >= 0.3 is 5.97 Å². The minimum atomic E-state index is -3.75. The lowest BCUT2D eigenvalue weighted by molar-refractivity contribution is 0.0696. The van der Waals surface area contributed by atoms with Gasteiger partial charge < -0.3 is 5.11 Å². The highest BCUT2D eigenvalue weighted by atomic mass is 35.5. The summed E-state index contributed by atoms with van der Waals surface area (Å²) in [7, 11) is -3.75. The fraction of sp³-hybridized carbons (Fsp3) is 0.278. The van der Waals surface area contributed by atoms with E-state index in [1.807, 2.05) is 25.1 Å². The summed E-state index contributed by atoms with van der Waals surface area (Å²) in [5.74, 6) is -0.618. The van der Waals surface area contributed by atoms with Crippen molar-refractivity contribution in [2.24, 2.45) is 0 Å². The van der Waals surface area contributed by atoms with Gasteiger partial charge in [0.1, 0.15) is 0 Å². The smallest absolute Gasteiger partial charge is 0.335 e. The second-order valence-electron chi connectivity index (χ2n) is 5.67. The molecule has 0 aliphatic carbocycles. The summed E-state index contributed by atoms with van der Waals surface area (Å²) < 4.78 is 27.3. The molecule has 0 aromatic heterocycles. The summed E-state index contributed by atoms with van der Waals surface area (Å²) in [6.45, 7) is 2.28. The molecular weight excluding hydrogens is 394 g/mol. The van der Waals surface area contributed by atoms with Crippen LogP contribution in [0.5, 0.6) is 0 Å². The predicted octanol–water partition coefficient (Wildman–Crippen LogP) is 4.41. The van der Waals surface area contributed by atoms with Crippen LogP contribution in [0.25, 0.3) is 0 Å². The van der Waals surface area contributed by atoms with E-state index >= 15 is 0 Å². The molecule has 0 saturated carbocycles. The van der Waals surface area contributed by atoms with Gasteiger partial charge in [0.25, 0.3) is 0 Å². The first-order valence-electron chi connectivity index (χ1n) is 8.07. The molecule has 0 spiro atoms. The number of thioether (sulfide) groups is 1. The Morgan fingerprint density at radius 2 is 2.00 bits per heavy atom. The Morgan fingerprint density at radius 1 is 1.23 bits per heavy atom. The van der Waals surface area contributed by atoms with Gasteiger partial charge in [-0.1, -0.05) is 37.1 Å². The summed E-state index contributed by atoms with van der Waals surface area (Å²) in [5, 5.41) is 9.91. The zero-order chi connectivity index (χ0) is 19.2. The zero-order valence-electron chi connectivity index (χ0n) is 14.2. The van der Waals surface area contributed by atoms with Crippen LogP contribution in [-0.2, 0) is 15.8 Å². The van der Waals surface area contributed by atoms with Crippen LogP contribution in [-0.4, -0.2) is 26.0 Å². The number of carbonyl (C=O) groups is 1. The summed E-state index contributed by atoms with van der Waals surface area (Å²) in [6, 6.07) is 11.5. The van der Waals surface area contributed by atoms with Gasteiger partial charge in [-0.05, 0) is 42.3 Å². The van der Waals surface area contributed by atoms with Crippen LogP contribution in [0, 0.1) is 0 Å². The first-order chi connectivity index (χ1) is 12.3. The molecule has 26 heavy (non-hydrogen) atoms. The van der Waals surface area contributed by atoms with Crippen LogP contribution in [0.15, 0.2) is 52.3 Å². The van der Waals surface area contributed by atoms with Gasteiger partial charge in [0.05, 0.1) is 10.5 Å². The number of carboxylic acid groups (broad SMARTS) is 1. The number of carboxylic acids is 1. The fourth-order valence-corrected chi connectivity index (χ4v) is 4.56. The van der Waals surface area contributed by atoms with Crippen molar-refractivity contribution in [2.45, 2.75) is 35.3 Å². The maximum atomic E-state index is 12.4. The number of aromatic carboxylic acids is 1. The molecule has 140 valence electrons. The molecule has 0 aliphatic heterocycles. The largest absolute Gasteiger partial charge is 0.478 e. The number of halogens is 1. The summed E-state index contributed by atoms with van der Waals surface area (Å²) in [5.41, 5.74) is 0.908. The zero-order valence-corrected chi connectivity index (χ0v) is 16.6. The Kier molecular flexibility index (Phi) is 7.52. The molecule has 0 heterocycles. The first-order valence-corrected chi connectivity index (χ1v) is 10.9. The number of unbranched alkanes of at least 4 members (excludes halogenated alkanes) is 1. The Bertz CT molecular complexity index is 885. The molecule has 0 radical (unpaired) electrons. The van der Waals surface area contributed by atoms with Gasteiger partial charge in [0.15, 0.2) is 0 Å². The maximum absolute atomic E-state index is 12.4. The third-order valence-corrected chi connectivity index (χ3v) is 6.28. The molecule has 0 atom stereocenters. The van der Waals surface area contributed by atoms with Gasteiger partial charge in [-0.2, -0.15) is 0 Å². The fourth-order valence-electron chi connectivity index (χ4n) is 2.19. The molecule has 0 bridgehead atoms. The van der Waals surface area contributed by atoms with Crippen LogP contribution in [0.1, 0.15) is 35.7 Å². The summed E-state index contributed by atoms with van der Waals surface area (Å²) in [4.78, 5) is 11.9. The summed E-state index contributed by atoms with van der Waals surface area (Å²) in [6.07, 6.45) is 1.58. The molecular formula is C18H20ClNO4S2. The van der Waals surface area contributed by atoms with E-state index in [-0.39, 0.29) is 10.5 Å². The molecule has 2 rings (SSSR count). The van der Waals surface area contributed by atoms with Crippen molar-refractivity contribution in [3.63, 3.8) is 0 Å². The molecule has 8 heteroatoms. The molecule has 0 amide bonds. The van der Waals surface area contributed by atoms with Crippen molar-refractivity contribution in [3.05, 3.63) is 58.6 Å². The summed E-state index contributed by atoms with van der Waals surface area (Å²) >= 11 is 7.32. The van der Waals surface area contributed by atoms with Gasteiger partial charge in [-0.25, -0.2) is 17.9 Å². The van der Waals surface area contributed by atoms with E-state index < -0.39 is 16.0 Å². The van der Waals surface area contributed by atoms with Crippen molar-refractivity contribution in [3.8, 4) is 0 Å². The Hall–Kier alpha value is -1.54. The van der Waals surface area contributed by atoms with Crippen molar-refractivity contribution >= 4 is 39.4 Å². The van der Waals surface area contributed by atoms with E-state index in [2.05, 4.69) is 4.72 Å². The number of sulfonamides is 1. The molecule has 2 aromatic rings. The monoisotopic (exact) mass is 413 g/mol. The SMILES string of the molecule is CCCCNS(=O)(=O)c1cc(SCc2cccc(Cl)c2)cc(C(=O)O)c1. The quantitative estimate of drug-likeness (QED) is 0.470. The van der Waals surface area contributed by atoms with E-state index in [9.17, 15) is 18.3 Å². The van der Waals surface area contributed by atoms with E-state index in [4.69, 9.17) is 11.6 Å². The van der Waals surface area contributed by atoms with E-state index in [1.54, 1.807) is 6.07 Å². The molecule has 0 unspecified atom stereocenters. The van der Waals surface area contributed by atoms with Gasteiger partial charge in [-0.3, -0.25) is 0 Å². The highest BCUT2D eigenvalue weighted by Gasteiger charge is 2.17. The van der Waals surface area contributed by atoms with Crippen molar-refractivity contribution in [1.82, 2.24) is 4.72 Å². The third-order valence-electron chi connectivity index (χ3n) is 3.55. The minimum absolute atomic E-state index is 0.0397. The van der Waals surface area contributed by atoms with Crippen LogP contribution >= 0.6 is 23.4 Å². The second-order valence-corrected chi connectivity index (χ2v) is 8.92. The van der Waals surface area contributed by atoms with Gasteiger partial charge in [0, 0.05) is 22.2 Å². The average molecular weight is 414 g/mol. The topological polar surface area (TPSA) is 83.5 Å². The third kappa shape index (κ3) is 6.02. The predicted molar refractivity (Wildman–Crippen MR) is 105 cm³/mol. The second kappa shape index (κ2) is 9.41. The number of rotatable bonds is 9. The minimum Gasteiger partial charge on any atom is -0.478 e. The molecule has 0 aliphatic rings. The molecule has 2 N–H and O–H groups in total. The number of nitrogens with one attached hydrogen (secondary N) is 1. The Morgan fingerprint density at radius 3 is 2.65 bits per heavy atom. The van der Waals surface area contributed by atoms with E-state index in [0.717, 1.165) is 12.0 Å². The molecule has 0 fully saturated rings. The number of hydrogen-bond acceptors (Lipinski definition) is 4. The Labute approximate surface area is 162 Å². The lowest BCUT2D eigenvalue weighted by atomic mass is 10.2. The van der Waals surface area contributed by atoms with E-state index in [0.29, 0.717) is 28.6 Å². The Balaban J connectivity index is 2.26. The highest BCUT2D eigenvalue weighted by Crippen LogP contribution is 2.28. The van der Waals surface area contributed by atoms with Crippen LogP contribution in [0.4, 0.5) is 0 Å².